The van der Waals surface area contributed by atoms with Crippen LogP contribution in [0.1, 0.15) is 25.3 Å². The van der Waals surface area contributed by atoms with Gasteiger partial charge in [0.1, 0.15) is 0 Å². The van der Waals surface area contributed by atoms with E-state index in [1.165, 1.54) is 25.6 Å². The van der Waals surface area contributed by atoms with Crippen molar-refractivity contribution in [2.75, 3.05) is 19.5 Å². The number of halogens is 3. The number of carbonyl (C=O) groups excluding carboxylic acids is 2. The number of hydrogen-bond acceptors (Lipinski definition) is 8. The van der Waals surface area contributed by atoms with Crippen LogP contribution in [-0.2, 0) is 19.1 Å². The van der Waals surface area contributed by atoms with E-state index in [4.69, 9.17) is 32.7 Å². The number of ether oxygens (including phenoxy) is 2. The molecule has 0 fully saturated rings. The van der Waals surface area contributed by atoms with Gasteiger partial charge in [-0.1, -0.05) is 47.5 Å². The number of benzene rings is 2. The quantitative estimate of drug-likeness (QED) is 0.285. The Hall–Kier alpha value is -2.85. The highest BCUT2D eigenvalue weighted by molar-refractivity contribution is 8.93. The molecule has 11 heteroatoms. The van der Waals surface area contributed by atoms with Gasteiger partial charge in [-0.3, -0.25) is 0 Å². The molecule has 2 N–H and O–H groups in total. The van der Waals surface area contributed by atoms with Crippen molar-refractivity contribution in [2.24, 2.45) is 0 Å². The number of esters is 2. The number of nitrogens with zero attached hydrogens (tertiary/aromatic N) is 1. The zero-order chi connectivity index (χ0) is 26.0. The second kappa shape index (κ2) is 12.1. The Balaban J connectivity index is 0.00000380. The van der Waals surface area contributed by atoms with Crippen molar-refractivity contribution in [3.05, 3.63) is 86.0 Å². The Bertz CT molecular complexity index is 1380. The van der Waals surface area contributed by atoms with Crippen LogP contribution >= 0.6 is 51.5 Å². The summed E-state index contributed by atoms with van der Waals surface area (Å²) < 4.78 is 10.1. The van der Waals surface area contributed by atoms with Gasteiger partial charge in [0.05, 0.1) is 47.0 Å². The van der Waals surface area contributed by atoms with E-state index in [9.17, 15) is 9.59 Å². The van der Waals surface area contributed by atoms with Gasteiger partial charge in [0.25, 0.3) is 0 Å². The van der Waals surface area contributed by atoms with E-state index in [2.05, 4.69) is 15.6 Å². The summed E-state index contributed by atoms with van der Waals surface area (Å²) in [6, 6.07) is 12.8. The lowest BCUT2D eigenvalue weighted by atomic mass is 9.79. The van der Waals surface area contributed by atoms with Crippen molar-refractivity contribution in [3.8, 4) is 11.3 Å². The van der Waals surface area contributed by atoms with E-state index in [1.54, 1.807) is 26.0 Å². The molecule has 0 saturated carbocycles. The highest BCUT2D eigenvalue weighted by Gasteiger charge is 2.38. The number of nitrogens with one attached hydrogen (secondary N) is 2. The predicted molar refractivity (Wildman–Crippen MR) is 153 cm³/mol. The van der Waals surface area contributed by atoms with Gasteiger partial charge in [-0.2, -0.15) is 0 Å². The molecule has 0 bridgehead atoms. The Kier molecular flexibility index (Phi) is 9.41. The van der Waals surface area contributed by atoms with Crippen LogP contribution < -0.4 is 10.6 Å². The summed E-state index contributed by atoms with van der Waals surface area (Å²) >= 11 is 13.6. The molecule has 194 valence electrons. The Morgan fingerprint density at radius 2 is 1.59 bits per heavy atom. The van der Waals surface area contributed by atoms with Gasteiger partial charge in [-0.05, 0) is 37.6 Å². The van der Waals surface area contributed by atoms with Crippen molar-refractivity contribution in [3.63, 3.8) is 0 Å². The summed E-state index contributed by atoms with van der Waals surface area (Å²) in [5.74, 6) is -1.79. The molecule has 0 radical (unpaired) electrons. The minimum Gasteiger partial charge on any atom is -0.466 e. The highest BCUT2D eigenvalue weighted by Crippen LogP contribution is 2.43. The molecule has 7 nitrogen and oxygen atoms in total. The van der Waals surface area contributed by atoms with E-state index in [0.29, 0.717) is 49.0 Å². The minimum absolute atomic E-state index is 0. The van der Waals surface area contributed by atoms with E-state index >= 15 is 0 Å². The Labute approximate surface area is 239 Å². The minimum atomic E-state index is -0.718. The van der Waals surface area contributed by atoms with Crippen LogP contribution in [-0.4, -0.2) is 31.1 Å². The maximum absolute atomic E-state index is 12.9. The third-order valence-electron chi connectivity index (χ3n) is 5.80. The molecule has 0 aliphatic carbocycles. The summed E-state index contributed by atoms with van der Waals surface area (Å²) in [5.41, 5.74) is 4.80. The van der Waals surface area contributed by atoms with Crippen LogP contribution in [0, 0.1) is 0 Å². The average molecular weight is 625 g/mol. The number of carbonyl (C=O) groups is 2. The fourth-order valence-electron chi connectivity index (χ4n) is 4.16. The molecule has 0 amide bonds. The van der Waals surface area contributed by atoms with Gasteiger partial charge in [-0.15, -0.1) is 28.3 Å². The molecule has 1 aliphatic rings. The van der Waals surface area contributed by atoms with Gasteiger partial charge >= 0.3 is 11.9 Å². The first-order valence-electron chi connectivity index (χ1n) is 10.9. The normalized spacial score (nSPS) is 13.6. The lowest BCUT2D eigenvalue weighted by Crippen LogP contribution is -2.32. The Morgan fingerprint density at radius 3 is 2.19 bits per heavy atom. The number of methoxy groups -OCH3 is 2. The summed E-state index contributed by atoms with van der Waals surface area (Å²) in [4.78, 5) is 30.4. The molecule has 1 aliphatic heterocycles. The summed E-state index contributed by atoms with van der Waals surface area (Å²) in [7, 11) is 2.62. The second-order valence-electron chi connectivity index (χ2n) is 8.00. The SMILES string of the molecule is Br.COC(=O)C1=C(C)NC(C)=C(C(=O)OC)C1c1ccccc1Nc1nc(-c2ccc(Cl)c(Cl)c2)cs1. The highest BCUT2D eigenvalue weighted by atomic mass is 79.9. The van der Waals surface area contributed by atoms with E-state index in [1.807, 2.05) is 35.7 Å². The molecule has 0 atom stereocenters. The lowest BCUT2D eigenvalue weighted by molar-refractivity contribution is -0.137. The van der Waals surface area contributed by atoms with Crippen molar-refractivity contribution < 1.29 is 19.1 Å². The number of para-hydroxylation sites is 1. The first-order valence-corrected chi connectivity index (χ1v) is 12.5. The standard InChI is InChI=1S/C26H23Cl2N3O4S.BrH/c1-13-21(24(32)34-3)23(22(14(2)29-13)25(33)35-4)16-7-5-6-8-19(16)30-26-31-20(12-36-26)15-9-10-17(27)18(28)11-15;/h5-12,23,29H,1-4H3,(H,30,31);1H. The van der Waals surface area contributed by atoms with Gasteiger partial charge in [-0.25, -0.2) is 14.6 Å². The van der Waals surface area contributed by atoms with Crippen LogP contribution in [0.3, 0.4) is 0 Å². The van der Waals surface area contributed by atoms with Crippen LogP contribution in [0.5, 0.6) is 0 Å². The van der Waals surface area contributed by atoms with Crippen LogP contribution in [0.15, 0.2) is 70.4 Å². The molecule has 2 aromatic carbocycles. The maximum atomic E-state index is 12.9. The average Bonchev–Trinajstić information content (AvgIpc) is 3.33. The third kappa shape index (κ3) is 5.85. The zero-order valence-corrected chi connectivity index (χ0v) is 24.4. The zero-order valence-electron chi connectivity index (χ0n) is 20.3. The molecule has 0 unspecified atom stereocenters. The molecular formula is C26H24BrCl2N3O4S. The van der Waals surface area contributed by atoms with E-state index in [0.717, 1.165) is 11.3 Å². The van der Waals surface area contributed by atoms with Crippen molar-refractivity contribution >= 4 is 74.3 Å². The van der Waals surface area contributed by atoms with Gasteiger partial charge < -0.3 is 20.1 Å². The molecule has 4 rings (SSSR count). The molecule has 3 aromatic rings. The molecule has 0 saturated heterocycles. The first kappa shape index (κ1) is 28.7. The van der Waals surface area contributed by atoms with Crippen LogP contribution in [0.25, 0.3) is 11.3 Å². The van der Waals surface area contributed by atoms with Gasteiger partial charge in [0, 0.05) is 28.0 Å². The smallest absolute Gasteiger partial charge is 0.336 e. The predicted octanol–water partition coefficient (Wildman–Crippen LogP) is 7.02. The number of hydrogen-bond donors (Lipinski definition) is 2. The maximum Gasteiger partial charge on any atom is 0.336 e. The number of anilines is 2. The number of rotatable bonds is 6. The summed E-state index contributed by atoms with van der Waals surface area (Å²) in [6.45, 7) is 3.55. The van der Waals surface area contributed by atoms with Crippen molar-refractivity contribution in [1.29, 1.82) is 0 Å². The second-order valence-corrected chi connectivity index (χ2v) is 9.67. The Morgan fingerprint density at radius 1 is 0.973 bits per heavy atom. The van der Waals surface area contributed by atoms with E-state index in [-0.39, 0.29) is 17.0 Å². The van der Waals surface area contributed by atoms with Crippen molar-refractivity contribution in [1.82, 2.24) is 10.3 Å². The fraction of sp³-hybridized carbons (Fsp3) is 0.192. The molecule has 1 aromatic heterocycles. The lowest BCUT2D eigenvalue weighted by Gasteiger charge is -2.31. The fourth-order valence-corrected chi connectivity index (χ4v) is 5.19. The molecular weight excluding hydrogens is 601 g/mol. The first-order chi connectivity index (χ1) is 17.2. The number of allylic oxidation sites excluding steroid dienone is 2. The molecule has 37 heavy (non-hydrogen) atoms. The number of thiazole rings is 1. The van der Waals surface area contributed by atoms with Crippen LogP contribution in [0.2, 0.25) is 10.0 Å². The monoisotopic (exact) mass is 623 g/mol. The van der Waals surface area contributed by atoms with E-state index < -0.39 is 17.9 Å². The topological polar surface area (TPSA) is 89.5 Å². The third-order valence-corrected chi connectivity index (χ3v) is 7.30. The summed E-state index contributed by atoms with van der Waals surface area (Å²) in [5, 5.41) is 9.91. The van der Waals surface area contributed by atoms with Gasteiger partial charge in [0.15, 0.2) is 5.13 Å². The summed E-state index contributed by atoms with van der Waals surface area (Å²) in [6.07, 6.45) is 0. The number of aromatic nitrogens is 1. The number of dihydropyridines is 1. The molecule has 2 heterocycles. The largest absolute Gasteiger partial charge is 0.466 e. The van der Waals surface area contributed by atoms with Crippen LogP contribution in [0.4, 0.5) is 10.8 Å². The van der Waals surface area contributed by atoms with Gasteiger partial charge in [0.2, 0.25) is 0 Å². The van der Waals surface area contributed by atoms with Crippen molar-refractivity contribution in [2.45, 2.75) is 19.8 Å². The molecule has 0 spiro atoms.